The molecule has 11 heteroatoms. The predicted molar refractivity (Wildman–Crippen MR) is 150 cm³/mol. The maximum absolute atomic E-state index is 13.5. The van der Waals surface area contributed by atoms with E-state index < -0.39 is 47.2 Å². The molecule has 0 aliphatic heterocycles. The van der Waals surface area contributed by atoms with E-state index in [1.807, 2.05) is 30.3 Å². The summed E-state index contributed by atoms with van der Waals surface area (Å²) in [6.07, 6.45) is -10.2. The summed E-state index contributed by atoms with van der Waals surface area (Å²) in [5.74, 6) is -0.580. The lowest BCUT2D eigenvalue weighted by Gasteiger charge is -2.27. The van der Waals surface area contributed by atoms with E-state index in [9.17, 15) is 31.1 Å². The van der Waals surface area contributed by atoms with Crippen molar-refractivity contribution < 1.29 is 31.1 Å². The lowest BCUT2D eigenvalue weighted by atomic mass is 9.95. The Morgan fingerprint density at radius 1 is 0.762 bits per heavy atom. The Kier molecular flexibility index (Phi) is 8.26. The molecular weight excluding hydrogens is 558 g/mol. The van der Waals surface area contributed by atoms with E-state index in [0.717, 1.165) is 5.56 Å². The van der Waals surface area contributed by atoms with E-state index in [4.69, 9.17) is 16.9 Å². The molecule has 4 rings (SSSR count). The van der Waals surface area contributed by atoms with Crippen molar-refractivity contribution in [3.8, 4) is 0 Å². The van der Waals surface area contributed by atoms with Crippen molar-refractivity contribution in [3.05, 3.63) is 131 Å². The quantitative estimate of drug-likeness (QED) is 0.120. The van der Waals surface area contributed by atoms with Gasteiger partial charge in [-0.25, -0.2) is 0 Å². The average Bonchev–Trinajstić information content (AvgIpc) is 2.96. The van der Waals surface area contributed by atoms with Gasteiger partial charge in [-0.1, -0.05) is 55.1 Å². The first kappa shape index (κ1) is 30.1. The maximum Gasteiger partial charge on any atom is 0.416 e. The number of carbonyl (C=O) groups is 1. The zero-order valence-corrected chi connectivity index (χ0v) is 21.9. The molecular formula is C31H24F6N4O. The minimum absolute atomic E-state index is 0.0191. The fourth-order valence-electron chi connectivity index (χ4n) is 4.38. The number of amides is 1. The average molecular weight is 583 g/mol. The fourth-order valence-corrected chi connectivity index (χ4v) is 4.38. The summed E-state index contributed by atoms with van der Waals surface area (Å²) in [5.41, 5.74) is 9.40. The van der Waals surface area contributed by atoms with Gasteiger partial charge in [0.1, 0.15) is 0 Å². The third-order valence-corrected chi connectivity index (χ3v) is 6.46. The molecule has 4 aromatic rings. The Balaban J connectivity index is 1.86. The van der Waals surface area contributed by atoms with E-state index in [2.05, 4.69) is 6.58 Å². The molecule has 0 aliphatic rings. The number of nitrogens with zero attached hydrogens (tertiary/aromatic N) is 1. The van der Waals surface area contributed by atoms with E-state index in [-0.39, 0.29) is 23.0 Å². The van der Waals surface area contributed by atoms with Gasteiger partial charge in [-0.3, -0.25) is 15.1 Å². The zero-order valence-electron chi connectivity index (χ0n) is 21.9. The molecule has 0 spiro atoms. The summed E-state index contributed by atoms with van der Waals surface area (Å²) in [6, 6.07) is 20.8. The lowest BCUT2D eigenvalue weighted by molar-refractivity contribution is -0.143. The van der Waals surface area contributed by atoms with E-state index in [1.54, 1.807) is 24.3 Å². The van der Waals surface area contributed by atoms with Gasteiger partial charge in [0.25, 0.3) is 0 Å². The molecule has 0 heterocycles. The van der Waals surface area contributed by atoms with Crippen LogP contribution >= 0.6 is 0 Å². The van der Waals surface area contributed by atoms with Crippen molar-refractivity contribution >= 4 is 34.3 Å². The molecule has 0 saturated carbocycles. The van der Waals surface area contributed by atoms with E-state index >= 15 is 0 Å². The number of nitrogens with two attached hydrogens (primary N) is 2. The van der Waals surface area contributed by atoms with Crippen LogP contribution in [-0.4, -0.2) is 18.2 Å². The molecule has 5 nitrogen and oxygen atoms in total. The number of alkyl halides is 6. The minimum atomic E-state index is -5.10. The zero-order chi connectivity index (χ0) is 30.8. The highest BCUT2D eigenvalue weighted by atomic mass is 19.4. The van der Waals surface area contributed by atoms with Crippen LogP contribution in [0.2, 0.25) is 0 Å². The van der Waals surface area contributed by atoms with Gasteiger partial charge in [-0.15, -0.1) is 0 Å². The van der Waals surface area contributed by atoms with Crippen LogP contribution in [0.4, 0.5) is 43.4 Å². The number of nitrogen functional groups attached to an aromatic ring is 1. The third kappa shape index (κ3) is 6.21. The largest absolute Gasteiger partial charge is 0.416 e. The summed E-state index contributed by atoms with van der Waals surface area (Å²) < 4.78 is 80.8. The van der Waals surface area contributed by atoms with Gasteiger partial charge < -0.3 is 11.5 Å². The minimum Gasteiger partial charge on any atom is -0.398 e. The van der Waals surface area contributed by atoms with Gasteiger partial charge in [0.15, 0.2) is 0 Å². The lowest BCUT2D eigenvalue weighted by Crippen LogP contribution is -2.33. The topological polar surface area (TPSA) is 96.2 Å². The third-order valence-electron chi connectivity index (χ3n) is 6.46. The fraction of sp³-hybridized carbons (Fsp3) is 0.0968. The maximum atomic E-state index is 13.5. The first-order valence-electron chi connectivity index (χ1n) is 12.4. The molecule has 5 N–H and O–H groups in total. The Morgan fingerprint density at radius 3 is 1.90 bits per heavy atom. The number of benzene rings is 4. The molecule has 0 fully saturated rings. The molecule has 0 atom stereocenters. The van der Waals surface area contributed by atoms with Gasteiger partial charge in [-0.05, 0) is 53.6 Å². The van der Waals surface area contributed by atoms with Crippen LogP contribution in [0.3, 0.4) is 0 Å². The van der Waals surface area contributed by atoms with Gasteiger partial charge in [0.05, 0.1) is 29.1 Å². The highest BCUT2D eigenvalue weighted by Gasteiger charge is 2.37. The van der Waals surface area contributed by atoms with Crippen molar-refractivity contribution in [2.75, 3.05) is 17.2 Å². The monoisotopic (exact) mass is 582 g/mol. The Morgan fingerprint density at radius 2 is 1.33 bits per heavy atom. The molecule has 216 valence electrons. The van der Waals surface area contributed by atoms with Crippen LogP contribution in [0.15, 0.2) is 97.6 Å². The number of anilines is 3. The van der Waals surface area contributed by atoms with Crippen molar-refractivity contribution in [2.24, 2.45) is 5.73 Å². The van der Waals surface area contributed by atoms with Gasteiger partial charge in [0, 0.05) is 28.1 Å². The smallest absolute Gasteiger partial charge is 0.398 e. The van der Waals surface area contributed by atoms with E-state index in [0.29, 0.717) is 29.0 Å². The normalized spacial score (nSPS) is 11.7. The first-order valence-corrected chi connectivity index (χ1v) is 12.4. The standard InChI is InChI=1S/C31H24F6N4O/c1-18(19-7-3-2-4-8-19)24-9-5-6-10-27(24)41(28(42)17-38)23-11-12-26(39)25(16-23)29(40)20-13-21(30(32,33)34)15-22(14-20)31(35,36)37/h2-16,40H,1,17,38-39H2. The van der Waals surface area contributed by atoms with Crippen molar-refractivity contribution in [3.63, 3.8) is 0 Å². The number of hydrogen-bond acceptors (Lipinski definition) is 4. The molecule has 0 unspecified atom stereocenters. The number of rotatable bonds is 7. The van der Waals surface area contributed by atoms with Gasteiger partial charge in [0.2, 0.25) is 5.91 Å². The summed E-state index contributed by atoms with van der Waals surface area (Å²) in [7, 11) is 0. The second-order valence-electron chi connectivity index (χ2n) is 9.24. The summed E-state index contributed by atoms with van der Waals surface area (Å²) in [5, 5.41) is 8.57. The number of carbonyl (C=O) groups excluding carboxylic acids is 1. The molecule has 0 bridgehead atoms. The Bertz CT molecular complexity index is 1630. The van der Waals surface area contributed by atoms with Crippen LogP contribution in [0.25, 0.3) is 5.57 Å². The van der Waals surface area contributed by atoms with Crippen LogP contribution in [0.5, 0.6) is 0 Å². The number of hydrogen-bond donors (Lipinski definition) is 3. The highest BCUT2D eigenvalue weighted by Crippen LogP contribution is 2.39. The summed E-state index contributed by atoms with van der Waals surface area (Å²) in [4.78, 5) is 14.4. The van der Waals surface area contributed by atoms with Crippen LogP contribution < -0.4 is 16.4 Å². The summed E-state index contributed by atoms with van der Waals surface area (Å²) in [6.45, 7) is 3.73. The van der Waals surface area contributed by atoms with Crippen LogP contribution in [-0.2, 0) is 17.1 Å². The second kappa shape index (κ2) is 11.5. The van der Waals surface area contributed by atoms with Gasteiger partial charge >= 0.3 is 12.4 Å². The molecule has 1 amide bonds. The summed E-state index contributed by atoms with van der Waals surface area (Å²) >= 11 is 0. The van der Waals surface area contributed by atoms with E-state index in [1.165, 1.54) is 23.1 Å². The first-order chi connectivity index (χ1) is 19.7. The Hall–Kier alpha value is -4.90. The van der Waals surface area contributed by atoms with Crippen LogP contribution in [0.1, 0.15) is 33.4 Å². The predicted octanol–water partition coefficient (Wildman–Crippen LogP) is 7.41. The van der Waals surface area contributed by atoms with Crippen LogP contribution in [0, 0.1) is 5.41 Å². The van der Waals surface area contributed by atoms with Crippen molar-refractivity contribution in [1.29, 1.82) is 5.41 Å². The van der Waals surface area contributed by atoms with Crippen molar-refractivity contribution in [2.45, 2.75) is 12.4 Å². The Labute approximate surface area is 237 Å². The highest BCUT2D eigenvalue weighted by molar-refractivity contribution is 6.15. The molecule has 42 heavy (non-hydrogen) atoms. The molecule has 0 saturated heterocycles. The molecule has 0 radical (unpaired) electrons. The second-order valence-corrected chi connectivity index (χ2v) is 9.24. The number of halogens is 6. The number of nitrogens with one attached hydrogen (secondary N) is 1. The van der Waals surface area contributed by atoms with Gasteiger partial charge in [-0.2, -0.15) is 26.3 Å². The van der Waals surface area contributed by atoms with Crippen molar-refractivity contribution in [1.82, 2.24) is 0 Å². The molecule has 4 aromatic carbocycles. The SMILES string of the molecule is C=C(c1ccccc1)c1ccccc1N(C(=O)CN)c1ccc(N)c(C(=N)c2cc(C(F)(F)F)cc(C(F)(F)F)c2)c1. The number of para-hydroxylation sites is 1. The molecule has 0 aliphatic carbocycles. The molecule has 0 aromatic heterocycles.